The Kier molecular flexibility index (Phi) is 3.88. The van der Waals surface area contributed by atoms with Gasteiger partial charge in [-0.05, 0) is 42.2 Å². The molecule has 0 fully saturated rings. The first kappa shape index (κ1) is 13.4. The van der Waals surface area contributed by atoms with Crippen LogP contribution in [0.4, 0.5) is 5.69 Å². The Hall–Kier alpha value is -1.61. The Bertz CT molecular complexity index is 638. The van der Waals surface area contributed by atoms with Crippen molar-refractivity contribution in [3.63, 3.8) is 0 Å². The van der Waals surface area contributed by atoms with Crippen LogP contribution in [0.2, 0.25) is 0 Å². The SMILES string of the molecule is O=C(Cc1cccc(Br)c1)N1CCCc2ccccc21. The van der Waals surface area contributed by atoms with Gasteiger partial charge in [-0.2, -0.15) is 0 Å². The first-order valence-corrected chi connectivity index (χ1v) is 7.66. The number of rotatable bonds is 2. The van der Waals surface area contributed by atoms with Crippen LogP contribution in [0.25, 0.3) is 0 Å². The molecule has 20 heavy (non-hydrogen) atoms. The average molecular weight is 330 g/mol. The van der Waals surface area contributed by atoms with Crippen molar-refractivity contribution in [2.45, 2.75) is 19.3 Å². The lowest BCUT2D eigenvalue weighted by molar-refractivity contribution is -0.118. The van der Waals surface area contributed by atoms with Gasteiger partial charge in [-0.25, -0.2) is 0 Å². The molecule has 2 nitrogen and oxygen atoms in total. The van der Waals surface area contributed by atoms with Crippen molar-refractivity contribution in [3.8, 4) is 0 Å². The molecule has 3 rings (SSSR count). The van der Waals surface area contributed by atoms with E-state index in [0.717, 1.165) is 35.1 Å². The van der Waals surface area contributed by atoms with Gasteiger partial charge in [-0.15, -0.1) is 0 Å². The quantitative estimate of drug-likeness (QED) is 0.816. The molecular formula is C17H16BrNO. The lowest BCUT2D eigenvalue weighted by Crippen LogP contribution is -2.36. The number of amides is 1. The minimum atomic E-state index is 0.176. The van der Waals surface area contributed by atoms with E-state index >= 15 is 0 Å². The van der Waals surface area contributed by atoms with Crippen LogP contribution in [0.15, 0.2) is 53.0 Å². The fraction of sp³-hybridized carbons (Fsp3) is 0.235. The number of fused-ring (bicyclic) bond motifs is 1. The van der Waals surface area contributed by atoms with Crippen LogP contribution in [-0.4, -0.2) is 12.5 Å². The standard InChI is InChI=1S/C17H16BrNO/c18-15-8-3-5-13(11-15)12-17(20)19-10-4-7-14-6-1-2-9-16(14)19/h1-3,5-6,8-9,11H,4,7,10,12H2. The first-order valence-electron chi connectivity index (χ1n) is 6.87. The van der Waals surface area contributed by atoms with Crippen molar-refractivity contribution in [2.75, 3.05) is 11.4 Å². The molecule has 2 aromatic rings. The van der Waals surface area contributed by atoms with E-state index in [2.05, 4.69) is 22.0 Å². The minimum absolute atomic E-state index is 0.176. The normalized spacial score (nSPS) is 13.9. The molecule has 0 unspecified atom stereocenters. The zero-order valence-corrected chi connectivity index (χ0v) is 12.8. The fourth-order valence-corrected chi connectivity index (χ4v) is 3.16. The molecule has 0 aliphatic carbocycles. The summed E-state index contributed by atoms with van der Waals surface area (Å²) < 4.78 is 1.02. The van der Waals surface area contributed by atoms with Gasteiger partial charge in [0.15, 0.2) is 0 Å². The van der Waals surface area contributed by atoms with Crippen molar-refractivity contribution < 1.29 is 4.79 Å². The zero-order chi connectivity index (χ0) is 13.9. The molecule has 0 radical (unpaired) electrons. The number of carbonyl (C=O) groups excluding carboxylic acids is 1. The van der Waals surface area contributed by atoms with Crippen LogP contribution in [0.1, 0.15) is 17.5 Å². The van der Waals surface area contributed by atoms with E-state index in [0.29, 0.717) is 6.42 Å². The van der Waals surface area contributed by atoms with Crippen molar-refractivity contribution in [3.05, 3.63) is 64.1 Å². The number of para-hydroxylation sites is 1. The number of anilines is 1. The third kappa shape index (κ3) is 2.78. The topological polar surface area (TPSA) is 20.3 Å². The van der Waals surface area contributed by atoms with Crippen LogP contribution >= 0.6 is 15.9 Å². The lowest BCUT2D eigenvalue weighted by Gasteiger charge is -2.29. The van der Waals surface area contributed by atoms with Gasteiger partial charge in [0.2, 0.25) is 5.91 Å². The molecule has 1 aliphatic heterocycles. The van der Waals surface area contributed by atoms with Gasteiger partial charge in [-0.3, -0.25) is 4.79 Å². The van der Waals surface area contributed by atoms with Gasteiger partial charge in [0.05, 0.1) is 6.42 Å². The van der Waals surface area contributed by atoms with E-state index in [1.54, 1.807) is 0 Å². The van der Waals surface area contributed by atoms with Crippen LogP contribution in [-0.2, 0) is 17.6 Å². The van der Waals surface area contributed by atoms with Gasteiger partial charge >= 0.3 is 0 Å². The molecule has 0 bridgehead atoms. The number of benzene rings is 2. The highest BCUT2D eigenvalue weighted by molar-refractivity contribution is 9.10. The van der Waals surface area contributed by atoms with Gasteiger partial charge in [0.25, 0.3) is 0 Å². The lowest BCUT2D eigenvalue weighted by atomic mass is 10.0. The number of halogens is 1. The van der Waals surface area contributed by atoms with Gasteiger partial charge in [0, 0.05) is 16.7 Å². The van der Waals surface area contributed by atoms with Gasteiger partial charge in [-0.1, -0.05) is 46.3 Å². The summed E-state index contributed by atoms with van der Waals surface area (Å²) in [5.41, 5.74) is 3.41. The minimum Gasteiger partial charge on any atom is -0.312 e. The Morgan fingerprint density at radius 1 is 1.15 bits per heavy atom. The summed E-state index contributed by atoms with van der Waals surface area (Å²) in [4.78, 5) is 14.5. The highest BCUT2D eigenvalue weighted by Gasteiger charge is 2.21. The molecular weight excluding hydrogens is 314 g/mol. The molecule has 1 amide bonds. The monoisotopic (exact) mass is 329 g/mol. The molecule has 1 heterocycles. The molecule has 3 heteroatoms. The summed E-state index contributed by atoms with van der Waals surface area (Å²) in [7, 11) is 0. The molecule has 0 spiro atoms. The molecule has 0 aromatic heterocycles. The number of hydrogen-bond acceptors (Lipinski definition) is 1. The predicted molar refractivity (Wildman–Crippen MR) is 85.0 cm³/mol. The zero-order valence-electron chi connectivity index (χ0n) is 11.2. The van der Waals surface area contributed by atoms with Crippen molar-refractivity contribution in [1.82, 2.24) is 0 Å². The molecule has 1 aliphatic rings. The van der Waals surface area contributed by atoms with Crippen molar-refractivity contribution in [2.24, 2.45) is 0 Å². The molecule has 0 saturated heterocycles. The summed E-state index contributed by atoms with van der Waals surface area (Å²) in [6.45, 7) is 0.823. The Morgan fingerprint density at radius 2 is 2.00 bits per heavy atom. The maximum absolute atomic E-state index is 12.6. The molecule has 0 N–H and O–H groups in total. The second-order valence-corrected chi connectivity index (χ2v) is 6.00. The second kappa shape index (κ2) is 5.80. The third-order valence-electron chi connectivity index (χ3n) is 3.66. The third-order valence-corrected chi connectivity index (χ3v) is 4.15. The van der Waals surface area contributed by atoms with Crippen LogP contribution < -0.4 is 4.90 Å². The van der Waals surface area contributed by atoms with Crippen molar-refractivity contribution in [1.29, 1.82) is 0 Å². The van der Waals surface area contributed by atoms with E-state index in [1.807, 2.05) is 47.4 Å². The largest absolute Gasteiger partial charge is 0.312 e. The van der Waals surface area contributed by atoms with Gasteiger partial charge in [0.1, 0.15) is 0 Å². The molecule has 0 saturated carbocycles. The smallest absolute Gasteiger partial charge is 0.231 e. The van der Waals surface area contributed by atoms with E-state index in [-0.39, 0.29) is 5.91 Å². The predicted octanol–water partition coefficient (Wildman–Crippen LogP) is 3.97. The summed E-state index contributed by atoms with van der Waals surface area (Å²) >= 11 is 3.45. The maximum atomic E-state index is 12.6. The van der Waals surface area contributed by atoms with E-state index in [9.17, 15) is 4.79 Å². The maximum Gasteiger partial charge on any atom is 0.231 e. The van der Waals surface area contributed by atoms with E-state index in [4.69, 9.17) is 0 Å². The highest BCUT2D eigenvalue weighted by Crippen LogP contribution is 2.27. The first-order chi connectivity index (χ1) is 9.74. The van der Waals surface area contributed by atoms with Gasteiger partial charge < -0.3 is 4.90 Å². The summed E-state index contributed by atoms with van der Waals surface area (Å²) in [6.07, 6.45) is 2.56. The number of aryl methyl sites for hydroxylation is 1. The van der Waals surface area contributed by atoms with Crippen LogP contribution in [0, 0.1) is 0 Å². The molecule has 0 atom stereocenters. The molecule has 102 valence electrons. The number of carbonyl (C=O) groups is 1. The highest BCUT2D eigenvalue weighted by atomic mass is 79.9. The number of nitrogens with zero attached hydrogens (tertiary/aromatic N) is 1. The Labute approximate surface area is 127 Å². The van der Waals surface area contributed by atoms with E-state index < -0.39 is 0 Å². The van der Waals surface area contributed by atoms with Crippen LogP contribution in [0.3, 0.4) is 0 Å². The Balaban J connectivity index is 1.82. The molecule has 2 aromatic carbocycles. The van der Waals surface area contributed by atoms with Crippen LogP contribution in [0.5, 0.6) is 0 Å². The number of hydrogen-bond donors (Lipinski definition) is 0. The Morgan fingerprint density at radius 3 is 2.85 bits per heavy atom. The fourth-order valence-electron chi connectivity index (χ4n) is 2.71. The average Bonchev–Trinajstić information content (AvgIpc) is 2.46. The van der Waals surface area contributed by atoms with E-state index in [1.165, 1.54) is 5.56 Å². The summed E-state index contributed by atoms with van der Waals surface area (Å²) in [5, 5.41) is 0. The van der Waals surface area contributed by atoms with Crippen molar-refractivity contribution >= 4 is 27.5 Å². The summed E-state index contributed by atoms with van der Waals surface area (Å²) in [6, 6.07) is 16.2. The summed E-state index contributed by atoms with van der Waals surface area (Å²) in [5.74, 6) is 0.176. The second-order valence-electron chi connectivity index (χ2n) is 5.08.